The molecule has 0 unspecified atom stereocenters. The number of para-hydroxylation sites is 1. The lowest BCUT2D eigenvalue weighted by Crippen LogP contribution is -2.47. The molecule has 1 heterocycles. The van der Waals surface area contributed by atoms with Crippen molar-refractivity contribution in [2.45, 2.75) is 63.5 Å². The molecule has 0 bridgehead atoms. The van der Waals surface area contributed by atoms with Crippen molar-refractivity contribution < 1.29 is 22.7 Å². The van der Waals surface area contributed by atoms with E-state index < -0.39 is 15.6 Å². The van der Waals surface area contributed by atoms with Crippen LogP contribution in [0.5, 0.6) is 11.5 Å². The highest BCUT2D eigenvalue weighted by atomic mass is 32.2. The lowest BCUT2D eigenvalue weighted by molar-refractivity contribution is -0.121. The Labute approximate surface area is 225 Å². The van der Waals surface area contributed by atoms with Crippen LogP contribution in [0.3, 0.4) is 0 Å². The summed E-state index contributed by atoms with van der Waals surface area (Å²) < 4.78 is 40.6. The number of nitrogens with zero attached hydrogens (tertiary/aromatic N) is 1. The summed E-state index contributed by atoms with van der Waals surface area (Å²) in [6.45, 7) is 8.08. The maximum atomic E-state index is 13.8. The molecule has 0 saturated carbocycles. The van der Waals surface area contributed by atoms with E-state index in [-0.39, 0.29) is 23.4 Å². The topological polar surface area (TPSA) is 84.9 Å². The second-order valence-electron chi connectivity index (χ2n) is 9.61. The van der Waals surface area contributed by atoms with Gasteiger partial charge in [-0.2, -0.15) is 0 Å². The summed E-state index contributed by atoms with van der Waals surface area (Å²) in [5, 5.41) is 3.11. The van der Waals surface area contributed by atoms with Crippen LogP contribution >= 0.6 is 0 Å². The van der Waals surface area contributed by atoms with Gasteiger partial charge >= 0.3 is 0 Å². The summed E-state index contributed by atoms with van der Waals surface area (Å²) in [6, 6.07) is 20.8. The minimum absolute atomic E-state index is 0.0849. The molecule has 1 aliphatic heterocycles. The standard InChI is InChI=1S/C30H36N2O5S/c1-5-30(6-2)20-27(26-10-8-9-11-28(26)37-30)31-29(33)21-32(23-14-12-22(4)13-15-23)38(34,35)25-18-16-24(17-19-25)36-7-3/h8-19,27H,5-7,20-21H2,1-4H3,(H,31,33)/t27-/m0/s1. The van der Waals surface area contributed by atoms with Gasteiger partial charge in [0.1, 0.15) is 23.6 Å². The summed E-state index contributed by atoms with van der Waals surface area (Å²) in [7, 11) is -4.03. The number of carbonyl (C=O) groups excluding carboxylic acids is 1. The molecule has 7 nitrogen and oxygen atoms in total. The number of rotatable bonds is 10. The van der Waals surface area contributed by atoms with Crippen molar-refractivity contribution in [3.63, 3.8) is 0 Å². The fourth-order valence-electron chi connectivity index (χ4n) is 4.83. The van der Waals surface area contributed by atoms with Gasteiger partial charge in [0.2, 0.25) is 5.91 Å². The van der Waals surface area contributed by atoms with E-state index in [2.05, 4.69) is 19.2 Å². The van der Waals surface area contributed by atoms with Crippen molar-refractivity contribution in [2.24, 2.45) is 0 Å². The smallest absolute Gasteiger partial charge is 0.264 e. The number of fused-ring (bicyclic) bond motifs is 1. The number of anilines is 1. The number of hydrogen-bond donors (Lipinski definition) is 1. The predicted octanol–water partition coefficient (Wildman–Crippen LogP) is 5.79. The third-order valence-electron chi connectivity index (χ3n) is 7.15. The first-order chi connectivity index (χ1) is 18.2. The molecule has 4 rings (SSSR count). The molecule has 8 heteroatoms. The predicted molar refractivity (Wildman–Crippen MR) is 149 cm³/mol. The van der Waals surface area contributed by atoms with E-state index in [1.807, 2.05) is 50.2 Å². The minimum atomic E-state index is -4.03. The lowest BCUT2D eigenvalue weighted by Gasteiger charge is -2.41. The van der Waals surface area contributed by atoms with Gasteiger partial charge in [-0.1, -0.05) is 49.7 Å². The Kier molecular flexibility index (Phi) is 8.31. The largest absolute Gasteiger partial charge is 0.494 e. The first-order valence-corrected chi connectivity index (χ1v) is 14.5. The maximum absolute atomic E-state index is 13.8. The first kappa shape index (κ1) is 27.5. The number of amides is 1. The van der Waals surface area contributed by atoms with Crippen LogP contribution in [-0.4, -0.2) is 33.1 Å². The van der Waals surface area contributed by atoms with Crippen molar-refractivity contribution in [1.29, 1.82) is 0 Å². The summed E-state index contributed by atoms with van der Waals surface area (Å²) >= 11 is 0. The van der Waals surface area contributed by atoms with Gasteiger partial charge in [-0.15, -0.1) is 0 Å². The summed E-state index contributed by atoms with van der Waals surface area (Å²) in [5.41, 5.74) is 1.92. The van der Waals surface area contributed by atoms with Crippen LogP contribution in [0.1, 0.15) is 57.2 Å². The van der Waals surface area contributed by atoms with Crippen LogP contribution < -0.4 is 19.1 Å². The van der Waals surface area contributed by atoms with Crippen LogP contribution in [0.4, 0.5) is 5.69 Å². The molecule has 0 aromatic heterocycles. The molecule has 3 aromatic rings. The van der Waals surface area contributed by atoms with Crippen LogP contribution in [0.15, 0.2) is 77.7 Å². The number of sulfonamides is 1. The highest BCUT2D eigenvalue weighted by Crippen LogP contribution is 2.42. The average molecular weight is 537 g/mol. The first-order valence-electron chi connectivity index (χ1n) is 13.1. The quantitative estimate of drug-likeness (QED) is 0.355. The molecular weight excluding hydrogens is 500 g/mol. The van der Waals surface area contributed by atoms with Crippen molar-refractivity contribution >= 4 is 21.6 Å². The summed E-state index contributed by atoms with van der Waals surface area (Å²) in [6.07, 6.45) is 2.20. The molecule has 0 radical (unpaired) electrons. The molecule has 1 N–H and O–H groups in total. The van der Waals surface area contributed by atoms with E-state index in [9.17, 15) is 13.2 Å². The van der Waals surface area contributed by atoms with E-state index in [0.29, 0.717) is 24.5 Å². The molecule has 3 aromatic carbocycles. The van der Waals surface area contributed by atoms with Crippen molar-refractivity contribution in [2.75, 3.05) is 17.5 Å². The summed E-state index contributed by atoms with van der Waals surface area (Å²) in [4.78, 5) is 13.6. The molecule has 0 saturated heterocycles. The van der Waals surface area contributed by atoms with Crippen LogP contribution in [0, 0.1) is 6.92 Å². The Morgan fingerprint density at radius 1 is 1.00 bits per heavy atom. The molecule has 202 valence electrons. The zero-order valence-electron chi connectivity index (χ0n) is 22.4. The van der Waals surface area contributed by atoms with Gasteiger partial charge in [0, 0.05) is 12.0 Å². The second-order valence-corrected chi connectivity index (χ2v) is 11.5. The number of carbonyl (C=O) groups is 1. The fourth-order valence-corrected chi connectivity index (χ4v) is 6.25. The van der Waals surface area contributed by atoms with E-state index in [4.69, 9.17) is 9.47 Å². The number of benzene rings is 3. The van der Waals surface area contributed by atoms with Gasteiger partial charge in [-0.3, -0.25) is 9.10 Å². The van der Waals surface area contributed by atoms with Gasteiger partial charge in [0.05, 0.1) is 23.2 Å². The van der Waals surface area contributed by atoms with Gasteiger partial charge in [-0.05, 0) is 69.2 Å². The second kappa shape index (κ2) is 11.5. The van der Waals surface area contributed by atoms with Gasteiger partial charge in [0.25, 0.3) is 10.0 Å². The molecule has 0 aliphatic carbocycles. The molecule has 0 spiro atoms. The monoisotopic (exact) mass is 536 g/mol. The normalized spacial score (nSPS) is 16.2. The highest BCUT2D eigenvalue weighted by Gasteiger charge is 2.39. The van der Waals surface area contributed by atoms with Crippen molar-refractivity contribution in [1.82, 2.24) is 5.32 Å². The summed E-state index contributed by atoms with van der Waals surface area (Å²) in [5.74, 6) is 0.952. The van der Waals surface area contributed by atoms with Crippen LogP contribution in [-0.2, 0) is 14.8 Å². The number of nitrogens with one attached hydrogen (secondary N) is 1. The van der Waals surface area contributed by atoms with Crippen molar-refractivity contribution in [3.8, 4) is 11.5 Å². The third-order valence-corrected chi connectivity index (χ3v) is 8.94. The van der Waals surface area contributed by atoms with E-state index in [0.717, 1.165) is 34.0 Å². The molecule has 1 atom stereocenters. The van der Waals surface area contributed by atoms with Crippen LogP contribution in [0.2, 0.25) is 0 Å². The van der Waals surface area contributed by atoms with Gasteiger partial charge in [0.15, 0.2) is 0 Å². The minimum Gasteiger partial charge on any atom is -0.494 e. The lowest BCUT2D eigenvalue weighted by atomic mass is 9.83. The Bertz CT molecular complexity index is 1350. The Morgan fingerprint density at radius 3 is 2.29 bits per heavy atom. The average Bonchev–Trinajstić information content (AvgIpc) is 2.92. The fraction of sp³-hybridized carbons (Fsp3) is 0.367. The molecule has 0 fully saturated rings. The Hall–Kier alpha value is -3.52. The van der Waals surface area contributed by atoms with Crippen molar-refractivity contribution in [3.05, 3.63) is 83.9 Å². The zero-order chi connectivity index (χ0) is 27.3. The maximum Gasteiger partial charge on any atom is 0.264 e. The van der Waals surface area contributed by atoms with Gasteiger partial charge < -0.3 is 14.8 Å². The van der Waals surface area contributed by atoms with Gasteiger partial charge in [-0.25, -0.2) is 8.42 Å². The number of aryl methyl sites for hydroxylation is 1. The van der Waals surface area contributed by atoms with Crippen LogP contribution in [0.25, 0.3) is 0 Å². The molecule has 1 amide bonds. The Morgan fingerprint density at radius 2 is 1.66 bits per heavy atom. The number of hydrogen-bond acceptors (Lipinski definition) is 5. The SMILES string of the molecule is CCOc1ccc(S(=O)(=O)N(CC(=O)N[C@H]2CC(CC)(CC)Oc3ccccc32)c2ccc(C)cc2)cc1. The molecular formula is C30H36N2O5S. The Balaban J connectivity index is 1.64. The third kappa shape index (κ3) is 5.80. The molecule has 1 aliphatic rings. The molecule has 38 heavy (non-hydrogen) atoms. The number of ether oxygens (including phenoxy) is 2. The van der Waals surface area contributed by atoms with E-state index in [1.165, 1.54) is 12.1 Å². The zero-order valence-corrected chi connectivity index (χ0v) is 23.3. The van der Waals surface area contributed by atoms with E-state index >= 15 is 0 Å². The highest BCUT2D eigenvalue weighted by molar-refractivity contribution is 7.92. The van der Waals surface area contributed by atoms with E-state index in [1.54, 1.807) is 24.3 Å².